The molecule has 1 aromatic heterocycles. The van der Waals surface area contributed by atoms with Gasteiger partial charge in [0.1, 0.15) is 0 Å². The van der Waals surface area contributed by atoms with Gasteiger partial charge in [0, 0.05) is 11.1 Å². The molecule has 0 aliphatic heterocycles. The third-order valence-corrected chi connectivity index (χ3v) is 5.46. The zero-order valence-electron chi connectivity index (χ0n) is 17.4. The van der Waals surface area contributed by atoms with Crippen molar-refractivity contribution in [2.45, 2.75) is 104 Å². The van der Waals surface area contributed by atoms with Crippen LogP contribution in [-0.4, -0.2) is 4.98 Å². The number of hydrogen-bond donors (Lipinski definition) is 0. The second-order valence-corrected chi connectivity index (χ2v) is 7.97. The van der Waals surface area contributed by atoms with Crippen molar-refractivity contribution in [3.8, 4) is 0 Å². The van der Waals surface area contributed by atoms with Gasteiger partial charge in [-0.3, -0.25) is 4.98 Å². The zero-order valence-corrected chi connectivity index (χ0v) is 17.4. The number of pyridine rings is 1. The molecule has 0 saturated heterocycles. The van der Waals surface area contributed by atoms with Gasteiger partial charge >= 0.3 is 0 Å². The number of benzene rings is 1. The molecule has 26 heavy (non-hydrogen) atoms. The minimum Gasteiger partial charge on any atom is -0.253 e. The maximum absolute atomic E-state index is 5.07. The molecule has 0 N–H and O–H groups in total. The predicted octanol–water partition coefficient (Wildman–Crippen LogP) is 7.96. The standard InChI is InChI=1S/C25H39N/c1-4-6-8-10-12-14-16-24-22(15-13-11-9-7-5-2)20-23-19-21(3)17-18-25(23)26-24/h17-20H,4-16H2,1-3H3. The fourth-order valence-corrected chi connectivity index (χ4v) is 3.80. The molecule has 2 aromatic rings. The topological polar surface area (TPSA) is 12.9 Å². The molecule has 1 nitrogen and oxygen atoms in total. The van der Waals surface area contributed by atoms with Crippen LogP contribution < -0.4 is 0 Å². The highest BCUT2D eigenvalue weighted by Gasteiger charge is 2.08. The summed E-state index contributed by atoms with van der Waals surface area (Å²) in [6, 6.07) is 9.10. The summed E-state index contributed by atoms with van der Waals surface area (Å²) >= 11 is 0. The summed E-state index contributed by atoms with van der Waals surface area (Å²) in [5, 5.41) is 1.32. The van der Waals surface area contributed by atoms with E-state index in [-0.39, 0.29) is 0 Å². The molecule has 0 spiro atoms. The first-order chi connectivity index (χ1) is 12.7. The number of nitrogens with zero attached hydrogens (tertiary/aromatic N) is 1. The van der Waals surface area contributed by atoms with Crippen molar-refractivity contribution < 1.29 is 0 Å². The van der Waals surface area contributed by atoms with E-state index < -0.39 is 0 Å². The Morgan fingerprint density at radius 2 is 1.31 bits per heavy atom. The molecule has 1 aromatic carbocycles. The summed E-state index contributed by atoms with van der Waals surface area (Å²) in [6.07, 6.45) is 17.2. The van der Waals surface area contributed by atoms with Crippen molar-refractivity contribution in [2.24, 2.45) is 0 Å². The molecule has 0 aliphatic carbocycles. The first-order valence-corrected chi connectivity index (χ1v) is 11.1. The van der Waals surface area contributed by atoms with Gasteiger partial charge in [0.05, 0.1) is 5.52 Å². The third-order valence-electron chi connectivity index (χ3n) is 5.46. The Bertz CT molecular complexity index is 644. The fraction of sp³-hybridized carbons (Fsp3) is 0.640. The molecule has 0 aliphatic rings. The average Bonchev–Trinajstić information content (AvgIpc) is 2.64. The largest absolute Gasteiger partial charge is 0.253 e. The van der Waals surface area contributed by atoms with E-state index in [0.717, 1.165) is 6.42 Å². The lowest BCUT2D eigenvalue weighted by molar-refractivity contribution is 0.601. The number of fused-ring (bicyclic) bond motifs is 1. The van der Waals surface area contributed by atoms with Crippen LogP contribution in [0.4, 0.5) is 0 Å². The van der Waals surface area contributed by atoms with Crippen LogP contribution in [0.2, 0.25) is 0 Å². The lowest BCUT2D eigenvalue weighted by Crippen LogP contribution is -2.00. The van der Waals surface area contributed by atoms with Gasteiger partial charge < -0.3 is 0 Å². The van der Waals surface area contributed by atoms with E-state index in [1.807, 2.05) is 0 Å². The molecule has 2 rings (SSSR count). The summed E-state index contributed by atoms with van der Waals surface area (Å²) in [5.41, 5.74) is 5.38. The molecule has 0 fully saturated rings. The first-order valence-electron chi connectivity index (χ1n) is 11.1. The van der Waals surface area contributed by atoms with Crippen molar-refractivity contribution in [3.05, 3.63) is 41.1 Å². The van der Waals surface area contributed by atoms with E-state index in [1.54, 1.807) is 0 Å². The van der Waals surface area contributed by atoms with Gasteiger partial charge in [0.2, 0.25) is 0 Å². The summed E-state index contributed by atoms with van der Waals surface area (Å²) < 4.78 is 0. The summed E-state index contributed by atoms with van der Waals surface area (Å²) in [5.74, 6) is 0. The Kier molecular flexibility index (Phi) is 9.74. The highest BCUT2D eigenvalue weighted by atomic mass is 14.7. The van der Waals surface area contributed by atoms with Crippen LogP contribution >= 0.6 is 0 Å². The van der Waals surface area contributed by atoms with E-state index in [9.17, 15) is 0 Å². The molecule has 1 heteroatoms. The van der Waals surface area contributed by atoms with Gasteiger partial charge in [0.15, 0.2) is 0 Å². The minimum atomic E-state index is 1.15. The molecule has 0 atom stereocenters. The van der Waals surface area contributed by atoms with Gasteiger partial charge in [0.25, 0.3) is 0 Å². The molecule has 0 unspecified atom stereocenters. The summed E-state index contributed by atoms with van der Waals surface area (Å²) in [6.45, 7) is 6.75. The summed E-state index contributed by atoms with van der Waals surface area (Å²) in [7, 11) is 0. The van der Waals surface area contributed by atoms with Crippen molar-refractivity contribution in [1.29, 1.82) is 0 Å². The van der Waals surface area contributed by atoms with Crippen LogP contribution in [-0.2, 0) is 12.8 Å². The maximum Gasteiger partial charge on any atom is 0.0705 e. The summed E-state index contributed by atoms with van der Waals surface area (Å²) in [4.78, 5) is 5.07. The molecule has 1 heterocycles. The van der Waals surface area contributed by atoms with Crippen molar-refractivity contribution in [1.82, 2.24) is 4.98 Å². The monoisotopic (exact) mass is 353 g/mol. The van der Waals surface area contributed by atoms with Crippen LogP contribution in [0.15, 0.2) is 24.3 Å². The highest BCUT2D eigenvalue weighted by molar-refractivity contribution is 5.80. The Morgan fingerprint density at radius 3 is 2.00 bits per heavy atom. The Morgan fingerprint density at radius 1 is 0.692 bits per heavy atom. The van der Waals surface area contributed by atoms with E-state index in [2.05, 4.69) is 45.0 Å². The second-order valence-electron chi connectivity index (χ2n) is 7.97. The van der Waals surface area contributed by atoms with Crippen molar-refractivity contribution >= 4 is 10.9 Å². The number of aromatic nitrogens is 1. The number of rotatable bonds is 13. The quantitative estimate of drug-likeness (QED) is 0.333. The SMILES string of the molecule is CCCCCCCCc1nc2ccc(C)cc2cc1CCCCCCC. The molecular weight excluding hydrogens is 314 g/mol. The van der Waals surface area contributed by atoms with Crippen LogP contribution in [0, 0.1) is 6.92 Å². The third kappa shape index (κ3) is 7.09. The lowest BCUT2D eigenvalue weighted by Gasteiger charge is -2.12. The van der Waals surface area contributed by atoms with Gasteiger partial charge in [-0.15, -0.1) is 0 Å². The number of unbranched alkanes of at least 4 members (excludes halogenated alkanes) is 9. The van der Waals surface area contributed by atoms with Crippen LogP contribution in [0.1, 0.15) is 101 Å². The highest BCUT2D eigenvalue weighted by Crippen LogP contribution is 2.22. The van der Waals surface area contributed by atoms with Gasteiger partial charge in [-0.2, -0.15) is 0 Å². The minimum absolute atomic E-state index is 1.15. The maximum atomic E-state index is 5.07. The van der Waals surface area contributed by atoms with Gasteiger partial charge in [-0.05, 0) is 56.4 Å². The van der Waals surface area contributed by atoms with E-state index in [4.69, 9.17) is 4.98 Å². The smallest absolute Gasteiger partial charge is 0.0705 e. The molecule has 0 amide bonds. The van der Waals surface area contributed by atoms with Crippen molar-refractivity contribution in [3.63, 3.8) is 0 Å². The molecule has 144 valence electrons. The first kappa shape index (κ1) is 20.9. The normalized spacial score (nSPS) is 11.3. The van der Waals surface area contributed by atoms with E-state index >= 15 is 0 Å². The van der Waals surface area contributed by atoms with Crippen LogP contribution in [0.3, 0.4) is 0 Å². The fourth-order valence-electron chi connectivity index (χ4n) is 3.80. The number of hydrogen-bond acceptors (Lipinski definition) is 1. The lowest BCUT2D eigenvalue weighted by atomic mass is 9.98. The molecule has 0 bridgehead atoms. The Labute approximate surface area is 161 Å². The van der Waals surface area contributed by atoms with E-state index in [1.165, 1.54) is 105 Å². The van der Waals surface area contributed by atoms with Crippen LogP contribution in [0.5, 0.6) is 0 Å². The zero-order chi connectivity index (χ0) is 18.6. The average molecular weight is 354 g/mol. The van der Waals surface area contributed by atoms with Gasteiger partial charge in [-0.1, -0.05) is 83.3 Å². The molecular formula is C25H39N. The predicted molar refractivity (Wildman–Crippen MR) is 116 cm³/mol. The molecule has 0 radical (unpaired) electrons. The van der Waals surface area contributed by atoms with Crippen molar-refractivity contribution in [2.75, 3.05) is 0 Å². The Balaban J connectivity index is 2.00. The van der Waals surface area contributed by atoms with Gasteiger partial charge in [-0.25, -0.2) is 0 Å². The second kappa shape index (κ2) is 12.1. The Hall–Kier alpha value is -1.37. The van der Waals surface area contributed by atoms with E-state index in [0.29, 0.717) is 0 Å². The number of aryl methyl sites for hydroxylation is 3. The molecule has 0 saturated carbocycles. The van der Waals surface area contributed by atoms with Crippen LogP contribution in [0.25, 0.3) is 10.9 Å².